The van der Waals surface area contributed by atoms with E-state index in [0.717, 1.165) is 0 Å². The third-order valence-electron chi connectivity index (χ3n) is 11.7. The highest BCUT2D eigenvalue weighted by Gasteiger charge is 2.50. The fourth-order valence-electron chi connectivity index (χ4n) is 8.59. The summed E-state index contributed by atoms with van der Waals surface area (Å²) < 4.78 is 17.5. The molecule has 17 nitrogen and oxygen atoms in total. The van der Waals surface area contributed by atoms with Crippen LogP contribution >= 0.6 is 0 Å². The number of phenolic OH excluding ortho intramolecular Hbond substituents is 2. The second-order valence-electron chi connectivity index (χ2n) is 15.1. The molecule has 2 aliphatic heterocycles. The number of phenols is 2. The molecule has 2 aromatic rings. The van der Waals surface area contributed by atoms with Crippen LogP contribution in [0, 0.1) is 11.8 Å². The molecule has 56 heavy (non-hydrogen) atoms. The lowest BCUT2D eigenvalue weighted by atomic mass is 9.71. The highest BCUT2D eigenvalue weighted by Crippen LogP contribution is 2.52. The van der Waals surface area contributed by atoms with E-state index >= 15 is 0 Å². The first kappa shape index (κ1) is 39.2. The normalized spacial score (nSPS) is 30.2. The van der Waals surface area contributed by atoms with Crippen LogP contribution in [0.1, 0.15) is 94.5 Å². The van der Waals surface area contributed by atoms with Gasteiger partial charge in [-0.2, -0.15) is 5.10 Å². The van der Waals surface area contributed by atoms with Gasteiger partial charge in [-0.25, -0.2) is 5.43 Å². The Morgan fingerprint density at radius 3 is 2.36 bits per heavy atom. The lowest BCUT2D eigenvalue weighted by Gasteiger charge is -2.43. The predicted octanol–water partition coefficient (Wildman–Crippen LogP) is 0.636. The maximum atomic E-state index is 14.0. The Bertz CT molecular complexity index is 2030. The molecule has 3 aliphatic carbocycles. The van der Waals surface area contributed by atoms with Crippen LogP contribution < -0.4 is 15.9 Å². The third kappa shape index (κ3) is 6.77. The Morgan fingerprint density at radius 2 is 1.71 bits per heavy atom. The zero-order valence-corrected chi connectivity index (χ0v) is 30.8. The van der Waals surface area contributed by atoms with Crippen molar-refractivity contribution in [2.24, 2.45) is 22.7 Å². The molecule has 298 valence electrons. The van der Waals surface area contributed by atoms with E-state index in [1.165, 1.54) is 42.4 Å². The van der Waals surface area contributed by atoms with E-state index in [9.17, 15) is 49.5 Å². The lowest BCUT2D eigenvalue weighted by Crippen LogP contribution is -2.53. The van der Waals surface area contributed by atoms with E-state index in [-0.39, 0.29) is 64.4 Å². The van der Waals surface area contributed by atoms with Gasteiger partial charge in [-0.05, 0) is 44.6 Å². The summed E-state index contributed by atoms with van der Waals surface area (Å²) in [6.07, 6.45) is -0.810. The highest BCUT2D eigenvalue weighted by molar-refractivity contribution is 6.31. The Hall–Kier alpha value is -5.04. The van der Waals surface area contributed by atoms with Gasteiger partial charge in [0.25, 0.3) is 11.8 Å². The lowest BCUT2D eigenvalue weighted by molar-refractivity contribution is -0.245. The number of ether oxygens (including phenoxy) is 3. The average Bonchev–Trinajstić information content (AvgIpc) is 3.49. The van der Waals surface area contributed by atoms with Crippen LogP contribution in [-0.2, 0) is 30.3 Å². The molecule has 1 saturated heterocycles. The van der Waals surface area contributed by atoms with E-state index in [4.69, 9.17) is 19.9 Å². The number of aliphatic hydroxyl groups excluding tert-OH is 2. The second-order valence-corrected chi connectivity index (χ2v) is 15.1. The number of ketones is 2. The van der Waals surface area contributed by atoms with Crippen molar-refractivity contribution in [2.75, 3.05) is 20.3 Å². The summed E-state index contributed by atoms with van der Waals surface area (Å²) in [5.41, 5.74) is 4.66. The summed E-state index contributed by atoms with van der Waals surface area (Å²) in [5.74, 6) is -4.57. The number of benzene rings is 2. The molecule has 17 heteroatoms. The van der Waals surface area contributed by atoms with Gasteiger partial charge in [-0.3, -0.25) is 28.9 Å². The SMILES string of the molecule is COc1cccc2c1C(=O)c1c(O)c3c(c(O)c1C2=O)C[C@@](O)(C(CO)=NNC(=O)C1CCC(CN2C(=O)C=CC2=O)CC1)C[C@@H]3O[C@H]1C[C@H](N)[C@H](O)[C@H](C)O1. The quantitative estimate of drug-likeness (QED) is 0.0681. The number of hydrazone groups is 1. The first-order valence-electron chi connectivity index (χ1n) is 18.5. The molecule has 0 bridgehead atoms. The van der Waals surface area contributed by atoms with E-state index in [1.54, 1.807) is 6.92 Å². The topological polar surface area (TPSA) is 268 Å². The fourth-order valence-corrected chi connectivity index (χ4v) is 8.59. The smallest absolute Gasteiger partial charge is 0.253 e. The van der Waals surface area contributed by atoms with Gasteiger partial charge in [-0.15, -0.1) is 0 Å². The van der Waals surface area contributed by atoms with Crippen LogP contribution in [0.15, 0.2) is 35.5 Å². The molecular weight excluding hydrogens is 732 g/mol. The Kier molecular flexibility index (Phi) is 10.6. The first-order valence-corrected chi connectivity index (χ1v) is 18.5. The van der Waals surface area contributed by atoms with Crippen LogP contribution in [-0.4, -0.2) is 116 Å². The molecule has 2 aromatic carbocycles. The van der Waals surface area contributed by atoms with Gasteiger partial charge in [0.1, 0.15) is 22.8 Å². The van der Waals surface area contributed by atoms with Crippen LogP contribution in [0.3, 0.4) is 0 Å². The number of amides is 3. The minimum atomic E-state index is -2.16. The van der Waals surface area contributed by atoms with Crippen molar-refractivity contribution in [3.63, 3.8) is 0 Å². The van der Waals surface area contributed by atoms with Crippen molar-refractivity contribution in [3.05, 3.63) is 63.7 Å². The van der Waals surface area contributed by atoms with Crippen LogP contribution in [0.4, 0.5) is 0 Å². The maximum absolute atomic E-state index is 14.0. The number of imide groups is 1. The molecule has 3 amide bonds. The van der Waals surface area contributed by atoms with Crippen molar-refractivity contribution in [3.8, 4) is 17.2 Å². The Balaban J connectivity index is 1.19. The number of methoxy groups -OCH3 is 1. The maximum Gasteiger partial charge on any atom is 0.253 e. The molecule has 1 saturated carbocycles. The molecule has 0 spiro atoms. The number of aromatic hydroxyl groups is 2. The minimum Gasteiger partial charge on any atom is -0.507 e. The molecule has 0 aromatic heterocycles. The number of aliphatic hydroxyl groups is 3. The van der Waals surface area contributed by atoms with Gasteiger partial charge >= 0.3 is 0 Å². The van der Waals surface area contributed by atoms with Crippen molar-refractivity contribution in [2.45, 2.75) is 88.1 Å². The largest absolute Gasteiger partial charge is 0.507 e. The van der Waals surface area contributed by atoms with Crippen LogP contribution in [0.2, 0.25) is 0 Å². The van der Waals surface area contributed by atoms with E-state index in [0.29, 0.717) is 25.7 Å². The highest BCUT2D eigenvalue weighted by atomic mass is 16.7. The fraction of sp³-hybridized carbons (Fsp3) is 0.487. The molecule has 5 aliphatic rings. The summed E-state index contributed by atoms with van der Waals surface area (Å²) >= 11 is 0. The van der Waals surface area contributed by atoms with Crippen molar-refractivity contribution in [1.29, 1.82) is 0 Å². The van der Waals surface area contributed by atoms with E-state index < -0.39 is 102 Å². The second kappa shape index (κ2) is 15.1. The van der Waals surface area contributed by atoms with Gasteiger partial charge < -0.3 is 45.5 Å². The number of carbonyl (C=O) groups excluding carboxylic acids is 5. The van der Waals surface area contributed by atoms with E-state index in [2.05, 4.69) is 10.5 Å². The van der Waals surface area contributed by atoms with Gasteiger partial charge in [0, 0.05) is 66.6 Å². The molecule has 6 atom stereocenters. The zero-order chi connectivity index (χ0) is 40.2. The Labute approximate surface area is 320 Å². The Morgan fingerprint density at radius 1 is 1.04 bits per heavy atom. The summed E-state index contributed by atoms with van der Waals surface area (Å²) in [6, 6.07) is 3.59. The van der Waals surface area contributed by atoms with Gasteiger partial charge in [0.2, 0.25) is 11.7 Å². The number of carbonyl (C=O) groups is 5. The molecule has 8 N–H and O–H groups in total. The number of nitrogens with zero attached hydrogens (tertiary/aromatic N) is 2. The summed E-state index contributed by atoms with van der Waals surface area (Å²) in [5, 5.41) is 61.0. The number of hydrogen-bond acceptors (Lipinski definition) is 15. The van der Waals surface area contributed by atoms with Gasteiger partial charge in [0.05, 0.1) is 54.4 Å². The molecule has 2 fully saturated rings. The summed E-state index contributed by atoms with van der Waals surface area (Å²) in [7, 11) is 1.32. The number of nitrogens with two attached hydrogens (primary N) is 1. The van der Waals surface area contributed by atoms with Crippen molar-refractivity contribution in [1.82, 2.24) is 10.3 Å². The van der Waals surface area contributed by atoms with Gasteiger partial charge in [-0.1, -0.05) is 12.1 Å². The summed E-state index contributed by atoms with van der Waals surface area (Å²) in [4.78, 5) is 66.4. The molecule has 7 rings (SSSR count). The van der Waals surface area contributed by atoms with Crippen LogP contribution in [0.5, 0.6) is 17.2 Å². The van der Waals surface area contributed by atoms with Gasteiger partial charge in [0.15, 0.2) is 12.1 Å². The number of hydrogen-bond donors (Lipinski definition) is 7. The van der Waals surface area contributed by atoms with Crippen molar-refractivity contribution < 1.29 is 63.7 Å². The number of nitrogens with one attached hydrogen (secondary N) is 1. The standard InChI is InChI=1S/C39H44N4O13/c1-17-33(47)22(40)12-28(55-17)56-24-14-39(53,25(16-44)41-42-38(52)19-8-6-18(7-9-19)15-43-26(45)10-11-27(43)46)13-21-30(24)37(51)32-31(35(21)49)34(48)20-4-3-5-23(54-2)29(20)36(32)50/h3-5,10-11,17-19,22,24,28,33,44,47,49,51,53H,6-9,12-16,40H2,1-2H3,(H,42,52)/t17-,18?,19?,22-,24-,28-,33+,39-/m0/s1. The van der Waals surface area contributed by atoms with Crippen molar-refractivity contribution >= 4 is 35.0 Å². The number of fused-ring (bicyclic) bond motifs is 3. The third-order valence-corrected chi connectivity index (χ3v) is 11.7. The monoisotopic (exact) mass is 776 g/mol. The molecule has 0 unspecified atom stereocenters. The predicted molar refractivity (Wildman–Crippen MR) is 194 cm³/mol. The minimum absolute atomic E-state index is 0.0176. The summed E-state index contributed by atoms with van der Waals surface area (Å²) in [6.45, 7) is 0.972. The average molecular weight is 777 g/mol. The molecule has 0 radical (unpaired) electrons. The van der Waals surface area contributed by atoms with E-state index in [1.807, 2.05) is 0 Å². The molecular formula is C39H44N4O13. The number of rotatable bonds is 9. The molecule has 2 heterocycles. The first-order chi connectivity index (χ1) is 26.7. The zero-order valence-electron chi connectivity index (χ0n) is 30.8. The van der Waals surface area contributed by atoms with Crippen LogP contribution in [0.25, 0.3) is 0 Å².